The molecule has 0 aromatic heterocycles. The fourth-order valence-electron chi connectivity index (χ4n) is 1.18. The average molecular weight is 131 g/mol. The van der Waals surface area contributed by atoms with Crippen LogP contribution in [0.2, 0.25) is 0 Å². The van der Waals surface area contributed by atoms with Crippen LogP contribution in [0.1, 0.15) is 6.42 Å². The molecule has 3 heteroatoms. The molecule has 1 saturated heterocycles. The lowest BCUT2D eigenvalue weighted by Crippen LogP contribution is -2.18. The van der Waals surface area contributed by atoms with E-state index in [0.29, 0.717) is 13.0 Å². The van der Waals surface area contributed by atoms with Crippen LogP contribution >= 0.6 is 0 Å². The second-order valence-corrected chi connectivity index (χ2v) is 2.50. The summed E-state index contributed by atoms with van der Waals surface area (Å²) >= 11 is 0. The van der Waals surface area contributed by atoms with E-state index in [4.69, 9.17) is 10.2 Å². The maximum Gasteiger partial charge on any atom is 0.0705 e. The number of hydrogen-bond donors (Lipinski definition) is 3. The largest absolute Gasteiger partial charge is 0.396 e. The maximum atomic E-state index is 9.15. The van der Waals surface area contributed by atoms with Crippen molar-refractivity contribution in [3.63, 3.8) is 0 Å². The van der Waals surface area contributed by atoms with Crippen LogP contribution < -0.4 is 5.32 Å². The van der Waals surface area contributed by atoms with Crippen LogP contribution in [0.15, 0.2) is 0 Å². The molecule has 0 radical (unpaired) electrons. The summed E-state index contributed by atoms with van der Waals surface area (Å²) in [5.41, 5.74) is 0. The van der Waals surface area contributed by atoms with E-state index in [1.165, 1.54) is 0 Å². The van der Waals surface area contributed by atoms with Gasteiger partial charge in [-0.3, -0.25) is 0 Å². The Bertz CT molecular complexity index is 87.1. The Morgan fingerprint density at radius 3 is 2.67 bits per heavy atom. The minimum atomic E-state index is -0.239. The molecule has 0 saturated carbocycles. The van der Waals surface area contributed by atoms with Crippen molar-refractivity contribution in [1.82, 2.24) is 5.32 Å². The second kappa shape index (κ2) is 3.15. The highest BCUT2D eigenvalue weighted by molar-refractivity contribution is 4.79. The number of hydrogen-bond acceptors (Lipinski definition) is 3. The number of nitrogens with one attached hydrogen (secondary N) is 1. The van der Waals surface area contributed by atoms with Crippen molar-refractivity contribution in [2.75, 3.05) is 19.7 Å². The number of rotatable bonds is 2. The van der Waals surface area contributed by atoms with Gasteiger partial charge >= 0.3 is 0 Å². The summed E-state index contributed by atoms with van der Waals surface area (Å²) in [6.45, 7) is 1.72. The molecule has 3 N–H and O–H groups in total. The van der Waals surface area contributed by atoms with Gasteiger partial charge in [0.1, 0.15) is 0 Å². The average Bonchev–Trinajstić information content (AvgIpc) is 2.18. The monoisotopic (exact) mass is 131 g/mol. The molecule has 0 aromatic carbocycles. The van der Waals surface area contributed by atoms with Crippen molar-refractivity contribution in [2.24, 2.45) is 5.92 Å². The van der Waals surface area contributed by atoms with E-state index in [9.17, 15) is 0 Å². The van der Waals surface area contributed by atoms with Crippen LogP contribution in [0.5, 0.6) is 0 Å². The molecule has 3 nitrogen and oxygen atoms in total. The molecule has 1 rings (SSSR count). The second-order valence-electron chi connectivity index (χ2n) is 2.50. The summed E-state index contributed by atoms with van der Waals surface area (Å²) in [7, 11) is 0. The molecule has 54 valence electrons. The Hall–Kier alpha value is -0.120. The third kappa shape index (κ3) is 1.64. The minimum absolute atomic E-state index is 0.184. The highest BCUT2D eigenvalue weighted by Crippen LogP contribution is 2.11. The van der Waals surface area contributed by atoms with E-state index < -0.39 is 0 Å². The lowest BCUT2D eigenvalue weighted by Gasteiger charge is -2.09. The summed E-state index contributed by atoms with van der Waals surface area (Å²) in [5, 5.41) is 20.7. The lowest BCUT2D eigenvalue weighted by atomic mass is 10.0. The Morgan fingerprint density at radius 2 is 2.22 bits per heavy atom. The molecule has 1 heterocycles. The first-order valence-corrected chi connectivity index (χ1v) is 3.34. The van der Waals surface area contributed by atoms with Crippen molar-refractivity contribution in [2.45, 2.75) is 12.5 Å². The van der Waals surface area contributed by atoms with Gasteiger partial charge in [-0.05, 0) is 6.42 Å². The molecule has 1 aliphatic heterocycles. The van der Waals surface area contributed by atoms with Crippen molar-refractivity contribution < 1.29 is 10.2 Å². The summed E-state index contributed by atoms with van der Waals surface area (Å²) in [5.74, 6) is 0.273. The van der Waals surface area contributed by atoms with E-state index in [0.717, 1.165) is 6.54 Å². The summed E-state index contributed by atoms with van der Waals surface area (Å²) in [6, 6.07) is 0. The van der Waals surface area contributed by atoms with Gasteiger partial charge in [-0.2, -0.15) is 0 Å². The quantitative estimate of drug-likeness (QED) is 0.448. The maximum absolute atomic E-state index is 9.15. The SMILES string of the molecule is OCCC1CNCC1O. The standard InChI is InChI=1S/C6H13NO2/c8-2-1-5-3-7-4-6(5)9/h5-9H,1-4H2. The first-order chi connectivity index (χ1) is 4.34. The smallest absolute Gasteiger partial charge is 0.0705 e. The molecule has 1 aliphatic rings. The van der Waals surface area contributed by atoms with Crippen LogP contribution in [0.4, 0.5) is 0 Å². The Morgan fingerprint density at radius 1 is 1.44 bits per heavy atom. The molecule has 0 aliphatic carbocycles. The van der Waals surface area contributed by atoms with E-state index in [2.05, 4.69) is 5.32 Å². The summed E-state index contributed by atoms with van der Waals surface area (Å²) in [6.07, 6.45) is 0.478. The molecule has 0 bridgehead atoms. The molecule has 2 unspecified atom stereocenters. The zero-order chi connectivity index (χ0) is 6.69. The van der Waals surface area contributed by atoms with Crippen LogP contribution in [0.25, 0.3) is 0 Å². The van der Waals surface area contributed by atoms with Gasteiger partial charge in [-0.1, -0.05) is 0 Å². The Labute approximate surface area is 54.7 Å². The lowest BCUT2D eigenvalue weighted by molar-refractivity contribution is 0.127. The molecule has 1 fully saturated rings. The predicted molar refractivity (Wildman–Crippen MR) is 34.1 cm³/mol. The van der Waals surface area contributed by atoms with Gasteiger partial charge in [0.25, 0.3) is 0 Å². The van der Waals surface area contributed by atoms with Gasteiger partial charge in [-0.25, -0.2) is 0 Å². The van der Waals surface area contributed by atoms with Crippen LogP contribution in [-0.2, 0) is 0 Å². The number of aliphatic hydroxyl groups excluding tert-OH is 2. The zero-order valence-corrected chi connectivity index (χ0v) is 5.38. The molecule has 0 spiro atoms. The topological polar surface area (TPSA) is 52.5 Å². The van der Waals surface area contributed by atoms with E-state index in [1.807, 2.05) is 0 Å². The van der Waals surface area contributed by atoms with E-state index in [-0.39, 0.29) is 18.6 Å². The third-order valence-corrected chi connectivity index (χ3v) is 1.80. The van der Waals surface area contributed by atoms with Gasteiger partial charge in [0.05, 0.1) is 6.10 Å². The molecular weight excluding hydrogens is 118 g/mol. The number of aliphatic hydroxyl groups is 2. The van der Waals surface area contributed by atoms with Gasteiger partial charge in [0.2, 0.25) is 0 Å². The Kier molecular flexibility index (Phi) is 2.45. The van der Waals surface area contributed by atoms with Crippen molar-refractivity contribution in [1.29, 1.82) is 0 Å². The van der Waals surface area contributed by atoms with Crippen LogP contribution in [-0.4, -0.2) is 36.0 Å². The van der Waals surface area contributed by atoms with Crippen molar-refractivity contribution >= 4 is 0 Å². The predicted octanol–water partition coefficient (Wildman–Crippen LogP) is -1.05. The highest BCUT2D eigenvalue weighted by atomic mass is 16.3. The Balaban J connectivity index is 2.22. The fraction of sp³-hybridized carbons (Fsp3) is 1.00. The third-order valence-electron chi connectivity index (χ3n) is 1.80. The number of β-amino-alcohol motifs (C(OH)–C–C–N with tert-alkyl or cyclic N) is 1. The fourth-order valence-corrected chi connectivity index (χ4v) is 1.18. The van der Waals surface area contributed by atoms with Crippen molar-refractivity contribution in [3.8, 4) is 0 Å². The summed E-state index contributed by atoms with van der Waals surface area (Å²) < 4.78 is 0. The highest BCUT2D eigenvalue weighted by Gasteiger charge is 2.23. The molecular formula is C6H13NO2. The normalized spacial score (nSPS) is 35.3. The summed E-state index contributed by atoms with van der Waals surface area (Å²) in [4.78, 5) is 0. The molecule has 0 aromatic rings. The van der Waals surface area contributed by atoms with Crippen molar-refractivity contribution in [3.05, 3.63) is 0 Å². The first-order valence-electron chi connectivity index (χ1n) is 3.34. The van der Waals surface area contributed by atoms with Gasteiger partial charge in [-0.15, -0.1) is 0 Å². The van der Waals surface area contributed by atoms with Crippen LogP contribution in [0, 0.1) is 5.92 Å². The van der Waals surface area contributed by atoms with Gasteiger partial charge < -0.3 is 15.5 Å². The molecule has 0 amide bonds. The first kappa shape index (κ1) is 6.99. The van der Waals surface area contributed by atoms with Gasteiger partial charge in [0.15, 0.2) is 0 Å². The van der Waals surface area contributed by atoms with Gasteiger partial charge in [0, 0.05) is 25.6 Å². The van der Waals surface area contributed by atoms with E-state index >= 15 is 0 Å². The minimum Gasteiger partial charge on any atom is -0.396 e. The zero-order valence-electron chi connectivity index (χ0n) is 5.38. The molecule has 2 atom stereocenters. The van der Waals surface area contributed by atoms with Crippen LogP contribution in [0.3, 0.4) is 0 Å². The molecule has 9 heavy (non-hydrogen) atoms. The van der Waals surface area contributed by atoms with E-state index in [1.54, 1.807) is 0 Å².